The van der Waals surface area contributed by atoms with Crippen LogP contribution in [0.5, 0.6) is 0 Å². The van der Waals surface area contributed by atoms with Gasteiger partial charge in [0, 0.05) is 37.8 Å². The van der Waals surface area contributed by atoms with Crippen LogP contribution in [0.4, 0.5) is 15.2 Å². The number of piperidine rings is 1. The Bertz CT molecular complexity index is 1120. The second kappa shape index (κ2) is 9.18. The van der Waals surface area contributed by atoms with Crippen molar-refractivity contribution in [1.29, 1.82) is 0 Å². The molecule has 0 aliphatic carbocycles. The molecule has 35 heavy (non-hydrogen) atoms. The molecule has 1 spiro atoms. The lowest BCUT2D eigenvalue weighted by Gasteiger charge is -2.55. The Labute approximate surface area is 212 Å². The molecule has 5 rings (SSSR count). The molecule has 0 radical (unpaired) electrons. The molecule has 2 saturated heterocycles. The summed E-state index contributed by atoms with van der Waals surface area (Å²) in [7, 11) is 0. The van der Waals surface area contributed by atoms with Crippen LogP contribution in [0.3, 0.4) is 0 Å². The van der Waals surface area contributed by atoms with Crippen LogP contribution in [0, 0.1) is 11.2 Å². The summed E-state index contributed by atoms with van der Waals surface area (Å²) in [5.41, 5.74) is 3.59. The molecule has 3 aliphatic rings. The van der Waals surface area contributed by atoms with Crippen LogP contribution in [-0.2, 0) is 9.53 Å². The van der Waals surface area contributed by atoms with Gasteiger partial charge in [-0.25, -0.2) is 14.2 Å². The predicted octanol–water partition coefficient (Wildman–Crippen LogP) is 4.57. The van der Waals surface area contributed by atoms with Crippen LogP contribution in [0.1, 0.15) is 44.7 Å². The summed E-state index contributed by atoms with van der Waals surface area (Å²) in [4.78, 5) is 22.1. The number of nitrogens with one attached hydrogen (secondary N) is 1. The number of rotatable bonds is 5. The normalized spacial score (nSPS) is 21.5. The van der Waals surface area contributed by atoms with Crippen LogP contribution >= 0.6 is 22.9 Å². The van der Waals surface area contributed by atoms with E-state index in [1.165, 1.54) is 17.3 Å². The minimum atomic E-state index is -0.544. The zero-order chi connectivity index (χ0) is 24.8. The van der Waals surface area contributed by atoms with Crippen molar-refractivity contribution >= 4 is 39.7 Å². The van der Waals surface area contributed by atoms with Crippen molar-refractivity contribution in [2.24, 2.45) is 15.8 Å². The third kappa shape index (κ3) is 5.36. The van der Waals surface area contributed by atoms with Crippen molar-refractivity contribution in [3.05, 3.63) is 40.1 Å². The van der Waals surface area contributed by atoms with Gasteiger partial charge < -0.3 is 14.5 Å². The molecular formula is C23H29ClFN7O2S. The summed E-state index contributed by atoms with van der Waals surface area (Å²) in [5.74, 6) is -0.630. The van der Waals surface area contributed by atoms with Crippen LogP contribution in [-0.4, -0.2) is 54.4 Å². The number of anilines is 2. The number of thiazole rings is 1. The van der Waals surface area contributed by atoms with Crippen molar-refractivity contribution in [3.8, 4) is 0 Å². The predicted molar refractivity (Wildman–Crippen MR) is 133 cm³/mol. The maximum Gasteiger partial charge on any atom is 0.329 e. The van der Waals surface area contributed by atoms with Gasteiger partial charge >= 0.3 is 5.97 Å². The van der Waals surface area contributed by atoms with Gasteiger partial charge in [0.25, 0.3) is 0 Å². The van der Waals surface area contributed by atoms with Crippen molar-refractivity contribution < 1.29 is 13.9 Å². The standard InChI is InChI=1S/C23H29ClFN7O2S/c1-22(2,3)34-19(33)12-32-28-20(27-29-32)18-11-26-21(35-18)30-8-6-23(7-9-30)13-31(14-23)17-10-15(25)4-5-16(17)24/h4-5,10-11,20,28H,6-9,12-14H2,1-3H3. The summed E-state index contributed by atoms with van der Waals surface area (Å²) in [6, 6.07) is 4.53. The van der Waals surface area contributed by atoms with E-state index in [0.717, 1.165) is 54.7 Å². The van der Waals surface area contributed by atoms with E-state index in [1.807, 2.05) is 27.0 Å². The fourth-order valence-electron chi connectivity index (χ4n) is 4.70. The third-order valence-corrected chi connectivity index (χ3v) is 7.85. The van der Waals surface area contributed by atoms with Crippen molar-refractivity contribution in [1.82, 2.24) is 15.5 Å². The Morgan fingerprint density at radius 3 is 2.74 bits per heavy atom. The van der Waals surface area contributed by atoms with E-state index in [-0.39, 0.29) is 29.9 Å². The molecule has 2 fully saturated rings. The number of esters is 1. The highest BCUT2D eigenvalue weighted by molar-refractivity contribution is 7.15. The number of halogens is 2. The number of aromatic nitrogens is 1. The minimum Gasteiger partial charge on any atom is -0.459 e. The molecule has 1 aromatic heterocycles. The van der Waals surface area contributed by atoms with Crippen molar-refractivity contribution in [2.45, 2.75) is 45.4 Å². The highest BCUT2D eigenvalue weighted by atomic mass is 35.5. The van der Waals surface area contributed by atoms with Gasteiger partial charge in [0.05, 0.1) is 15.6 Å². The number of carbonyl (C=O) groups excluding carboxylic acids is 1. The lowest BCUT2D eigenvalue weighted by atomic mass is 9.72. The molecule has 1 atom stereocenters. The van der Waals surface area contributed by atoms with Gasteiger partial charge in [-0.1, -0.05) is 28.2 Å². The average molecular weight is 522 g/mol. The molecule has 4 heterocycles. The lowest BCUT2D eigenvalue weighted by Crippen LogP contribution is -2.60. The fourth-order valence-corrected chi connectivity index (χ4v) is 5.88. The zero-order valence-corrected chi connectivity index (χ0v) is 21.6. The first-order valence-electron chi connectivity index (χ1n) is 11.7. The van der Waals surface area contributed by atoms with Crippen LogP contribution in [0.15, 0.2) is 34.7 Å². The van der Waals surface area contributed by atoms with Crippen molar-refractivity contribution in [2.75, 3.05) is 42.5 Å². The average Bonchev–Trinajstić information content (AvgIpc) is 3.42. The zero-order valence-electron chi connectivity index (χ0n) is 20.0. The molecule has 12 heteroatoms. The monoisotopic (exact) mass is 521 g/mol. The Balaban J connectivity index is 1.12. The first kappa shape index (κ1) is 24.2. The van der Waals surface area contributed by atoms with E-state index in [2.05, 4.69) is 30.5 Å². The first-order valence-corrected chi connectivity index (χ1v) is 12.9. The fraction of sp³-hybridized carbons (Fsp3) is 0.565. The Morgan fingerprint density at radius 1 is 1.29 bits per heavy atom. The summed E-state index contributed by atoms with van der Waals surface area (Å²) in [5, 5.41) is 11.2. The van der Waals surface area contributed by atoms with E-state index in [0.29, 0.717) is 5.02 Å². The van der Waals surface area contributed by atoms with Gasteiger partial charge in [-0.2, -0.15) is 10.5 Å². The summed E-state index contributed by atoms with van der Waals surface area (Å²) in [6.07, 6.45) is 3.55. The van der Waals surface area contributed by atoms with E-state index in [1.54, 1.807) is 17.4 Å². The first-order chi connectivity index (χ1) is 16.6. The largest absolute Gasteiger partial charge is 0.459 e. The number of ether oxygens (including phenoxy) is 1. The van der Waals surface area contributed by atoms with Gasteiger partial charge in [-0.05, 0) is 51.8 Å². The SMILES string of the molecule is CC(C)(C)OC(=O)CN1N=NC(c2cnc(N3CCC4(CC3)CN(c3cc(F)ccc3Cl)C4)s2)N1. The summed E-state index contributed by atoms with van der Waals surface area (Å²) >= 11 is 7.86. The number of benzene rings is 1. The van der Waals surface area contributed by atoms with E-state index in [4.69, 9.17) is 16.3 Å². The molecule has 0 amide bonds. The van der Waals surface area contributed by atoms with E-state index >= 15 is 0 Å². The second-order valence-electron chi connectivity index (χ2n) is 10.4. The van der Waals surface area contributed by atoms with Crippen LogP contribution in [0.25, 0.3) is 0 Å². The van der Waals surface area contributed by atoms with E-state index in [9.17, 15) is 9.18 Å². The van der Waals surface area contributed by atoms with Gasteiger partial charge in [0.2, 0.25) is 0 Å². The number of hydrogen-bond donors (Lipinski definition) is 1. The van der Waals surface area contributed by atoms with Gasteiger partial charge in [-0.15, -0.1) is 5.11 Å². The molecule has 9 nitrogen and oxygen atoms in total. The number of hydrazine groups is 1. The number of hydrogen-bond acceptors (Lipinski definition) is 10. The third-order valence-electron chi connectivity index (χ3n) is 6.42. The molecule has 3 aliphatic heterocycles. The molecule has 2 aromatic rings. The van der Waals surface area contributed by atoms with E-state index < -0.39 is 5.60 Å². The maximum absolute atomic E-state index is 13.7. The molecular weight excluding hydrogens is 493 g/mol. The topological polar surface area (TPSA) is 85.7 Å². The summed E-state index contributed by atoms with van der Waals surface area (Å²) in [6.45, 7) is 9.10. The minimum absolute atomic E-state index is 0.0189. The Morgan fingerprint density at radius 2 is 2.03 bits per heavy atom. The highest BCUT2D eigenvalue weighted by Gasteiger charge is 2.45. The molecule has 1 N–H and O–H groups in total. The van der Waals surface area contributed by atoms with Gasteiger partial charge in [0.15, 0.2) is 17.8 Å². The number of nitrogens with zero attached hydrogens (tertiary/aromatic N) is 6. The molecule has 0 bridgehead atoms. The molecule has 0 saturated carbocycles. The highest BCUT2D eigenvalue weighted by Crippen LogP contribution is 2.45. The molecule has 188 valence electrons. The second-order valence-corrected chi connectivity index (χ2v) is 11.8. The molecule has 1 unspecified atom stereocenters. The van der Waals surface area contributed by atoms with Crippen molar-refractivity contribution in [3.63, 3.8) is 0 Å². The number of carbonyl (C=O) groups is 1. The van der Waals surface area contributed by atoms with Crippen LogP contribution < -0.4 is 15.2 Å². The van der Waals surface area contributed by atoms with Crippen LogP contribution in [0.2, 0.25) is 5.02 Å². The molecule has 1 aromatic carbocycles. The quantitative estimate of drug-likeness (QED) is 0.577. The Kier molecular flexibility index (Phi) is 6.35. The van der Waals surface area contributed by atoms with Gasteiger partial charge in [0.1, 0.15) is 11.4 Å². The smallest absolute Gasteiger partial charge is 0.329 e. The lowest BCUT2D eigenvalue weighted by molar-refractivity contribution is -0.156. The van der Waals surface area contributed by atoms with Gasteiger partial charge in [-0.3, -0.25) is 0 Å². The maximum atomic E-state index is 13.7. The summed E-state index contributed by atoms with van der Waals surface area (Å²) < 4.78 is 19.0. The Hall–Kier alpha value is -2.50.